The summed E-state index contributed by atoms with van der Waals surface area (Å²) in [5.74, 6) is 0. The Balaban J connectivity index is -0.0000000858. The Morgan fingerprint density at radius 1 is 0.200 bits per heavy atom. The standard InChI is InChI=1S/C13H26N2.C8H16.7CH4/c1-3-8-14-10-5-2-6-11-15(9-4-1)13-7-12-14;1-2-4-6-8-7-5-3-1;;;;;;;/h1-13H2;1-8H2;7*1H4. The highest BCUT2D eigenvalue weighted by molar-refractivity contribution is 4.68. The van der Waals surface area contributed by atoms with Crippen LogP contribution in [0.25, 0.3) is 0 Å². The predicted octanol–water partition coefficient (Wildman–Crippen LogP) is 9.92. The van der Waals surface area contributed by atoms with Gasteiger partial charge in [0, 0.05) is 0 Å². The molecule has 192 valence electrons. The lowest BCUT2D eigenvalue weighted by Gasteiger charge is -2.29. The molecule has 2 heteroatoms. The van der Waals surface area contributed by atoms with Gasteiger partial charge < -0.3 is 9.80 Å². The van der Waals surface area contributed by atoms with Gasteiger partial charge >= 0.3 is 0 Å². The van der Waals surface area contributed by atoms with E-state index in [1.54, 1.807) is 0 Å². The quantitative estimate of drug-likeness (QED) is 0.374. The average molecular weight is 435 g/mol. The number of hydrogen-bond donors (Lipinski definition) is 0. The minimum absolute atomic E-state index is 0. The average Bonchev–Trinajstić information content (AvgIpc) is 2.53. The summed E-state index contributed by atoms with van der Waals surface area (Å²) < 4.78 is 0. The maximum absolute atomic E-state index is 2.70. The van der Waals surface area contributed by atoms with Crippen LogP contribution in [-0.4, -0.2) is 49.1 Å². The minimum atomic E-state index is 0. The molecule has 0 atom stereocenters. The topological polar surface area (TPSA) is 6.48 Å². The molecule has 1 saturated carbocycles. The Hall–Kier alpha value is -0.0800. The molecule has 30 heavy (non-hydrogen) atoms. The Morgan fingerprint density at radius 2 is 0.367 bits per heavy atom. The fourth-order valence-corrected chi connectivity index (χ4v) is 4.30. The predicted molar refractivity (Wildman–Crippen MR) is 149 cm³/mol. The SMILES string of the molecule is C.C.C.C.C.C.C.C1CCCCCCC1.C1CCN2CCCCCN(CC1)CCC2. The molecular formula is C28H70N2. The van der Waals surface area contributed by atoms with Crippen molar-refractivity contribution in [3.05, 3.63) is 0 Å². The molecule has 2 saturated heterocycles. The first-order valence-electron chi connectivity index (χ1n) is 10.9. The molecule has 2 heterocycles. The first-order chi connectivity index (χ1) is 11.4. The molecule has 3 fully saturated rings. The van der Waals surface area contributed by atoms with Gasteiger partial charge in [-0.1, -0.05) is 116 Å². The molecule has 0 aromatic rings. The van der Waals surface area contributed by atoms with Gasteiger partial charge in [-0.25, -0.2) is 0 Å². The molecule has 2 nitrogen and oxygen atoms in total. The van der Waals surface area contributed by atoms with Crippen molar-refractivity contribution in [1.82, 2.24) is 9.80 Å². The lowest BCUT2D eigenvalue weighted by Crippen LogP contribution is -2.35. The third-order valence-corrected chi connectivity index (χ3v) is 5.85. The summed E-state index contributed by atoms with van der Waals surface area (Å²) in [7, 11) is 0. The summed E-state index contributed by atoms with van der Waals surface area (Å²) in [5, 5.41) is 0. The van der Waals surface area contributed by atoms with Gasteiger partial charge in [-0.3, -0.25) is 0 Å². The first-order valence-corrected chi connectivity index (χ1v) is 10.9. The number of fused-ring (bicyclic) bond motifs is 4. The lowest BCUT2D eigenvalue weighted by molar-refractivity contribution is 0.188. The zero-order valence-electron chi connectivity index (χ0n) is 15.7. The van der Waals surface area contributed by atoms with E-state index in [1.165, 1.54) is 136 Å². The zero-order valence-corrected chi connectivity index (χ0v) is 15.7. The molecule has 0 N–H and O–H groups in total. The van der Waals surface area contributed by atoms with Crippen LogP contribution in [0.2, 0.25) is 0 Å². The molecule has 0 aromatic heterocycles. The summed E-state index contributed by atoms with van der Waals surface area (Å²) >= 11 is 0. The van der Waals surface area contributed by atoms with Crippen LogP contribution in [0.4, 0.5) is 0 Å². The Morgan fingerprint density at radius 3 is 0.600 bits per heavy atom. The molecule has 2 bridgehead atoms. The Labute approximate surface area is 197 Å². The van der Waals surface area contributed by atoms with Crippen molar-refractivity contribution in [1.29, 1.82) is 0 Å². The molecule has 3 rings (SSSR count). The largest absolute Gasteiger partial charge is 0.303 e. The van der Waals surface area contributed by atoms with Gasteiger partial charge in [-0.15, -0.1) is 0 Å². The van der Waals surface area contributed by atoms with Crippen LogP contribution in [0.3, 0.4) is 0 Å². The van der Waals surface area contributed by atoms with E-state index >= 15 is 0 Å². The fourth-order valence-electron chi connectivity index (χ4n) is 4.30. The van der Waals surface area contributed by atoms with E-state index in [0.717, 1.165) is 0 Å². The van der Waals surface area contributed by atoms with Crippen LogP contribution in [0.5, 0.6) is 0 Å². The van der Waals surface area contributed by atoms with Gasteiger partial charge in [0.2, 0.25) is 0 Å². The molecule has 0 spiro atoms. The van der Waals surface area contributed by atoms with Crippen LogP contribution in [0.15, 0.2) is 0 Å². The van der Waals surface area contributed by atoms with Crippen molar-refractivity contribution in [2.24, 2.45) is 0 Å². The first kappa shape index (κ1) is 43.7. The van der Waals surface area contributed by atoms with Gasteiger partial charge in [0.05, 0.1) is 0 Å². The van der Waals surface area contributed by atoms with Gasteiger partial charge in [-0.05, 0) is 71.4 Å². The molecular weight excluding hydrogens is 364 g/mol. The van der Waals surface area contributed by atoms with Crippen LogP contribution in [0.1, 0.15) is 148 Å². The number of hydrogen-bond acceptors (Lipinski definition) is 2. The summed E-state index contributed by atoms with van der Waals surface area (Å²) in [6.45, 7) is 8.13. The maximum atomic E-state index is 2.70. The van der Waals surface area contributed by atoms with Crippen LogP contribution >= 0.6 is 0 Å². The van der Waals surface area contributed by atoms with Crippen LogP contribution in [0, 0.1) is 0 Å². The molecule has 0 amide bonds. The van der Waals surface area contributed by atoms with Crippen molar-refractivity contribution < 1.29 is 0 Å². The van der Waals surface area contributed by atoms with E-state index in [-0.39, 0.29) is 52.0 Å². The molecule has 0 unspecified atom stereocenters. The minimum Gasteiger partial charge on any atom is -0.303 e. The van der Waals surface area contributed by atoms with E-state index in [9.17, 15) is 0 Å². The zero-order chi connectivity index (χ0) is 16.0. The lowest BCUT2D eigenvalue weighted by atomic mass is 10.0. The van der Waals surface area contributed by atoms with Crippen LogP contribution in [-0.2, 0) is 0 Å². The summed E-state index contributed by atoms with van der Waals surface area (Å²) in [4.78, 5) is 5.41. The molecule has 2 aliphatic heterocycles. The second-order valence-corrected chi connectivity index (χ2v) is 7.99. The number of nitrogens with zero attached hydrogens (tertiary/aromatic N) is 2. The van der Waals surface area contributed by atoms with Gasteiger partial charge in [0.25, 0.3) is 0 Å². The molecule has 3 aliphatic rings. The molecule has 1 aliphatic carbocycles. The van der Waals surface area contributed by atoms with Gasteiger partial charge in [0.15, 0.2) is 0 Å². The Bertz CT molecular complexity index is 213. The summed E-state index contributed by atoms with van der Waals surface area (Å²) in [5.41, 5.74) is 0. The third kappa shape index (κ3) is 22.6. The van der Waals surface area contributed by atoms with Gasteiger partial charge in [-0.2, -0.15) is 0 Å². The van der Waals surface area contributed by atoms with E-state index < -0.39 is 0 Å². The third-order valence-electron chi connectivity index (χ3n) is 5.85. The fraction of sp³-hybridized carbons (Fsp3) is 1.00. The van der Waals surface area contributed by atoms with E-state index in [2.05, 4.69) is 9.80 Å². The molecule has 0 aromatic carbocycles. The van der Waals surface area contributed by atoms with Crippen molar-refractivity contribution in [2.75, 3.05) is 39.3 Å². The van der Waals surface area contributed by atoms with E-state index in [1.807, 2.05) is 0 Å². The maximum Gasteiger partial charge on any atom is -0.000655 e. The van der Waals surface area contributed by atoms with Crippen molar-refractivity contribution in [3.8, 4) is 0 Å². The van der Waals surface area contributed by atoms with Gasteiger partial charge in [0.1, 0.15) is 0 Å². The highest BCUT2D eigenvalue weighted by Gasteiger charge is 2.12. The Kier molecular flexibility index (Phi) is 45.4. The van der Waals surface area contributed by atoms with Crippen molar-refractivity contribution >= 4 is 0 Å². The normalized spacial score (nSPS) is 24.0. The summed E-state index contributed by atoms with van der Waals surface area (Å²) in [6, 6.07) is 0. The van der Waals surface area contributed by atoms with Crippen molar-refractivity contribution in [3.63, 3.8) is 0 Å². The summed E-state index contributed by atoms with van der Waals surface area (Å²) in [6.07, 6.45) is 22.0. The second kappa shape index (κ2) is 31.1. The molecule has 0 radical (unpaired) electrons. The van der Waals surface area contributed by atoms with E-state index in [4.69, 9.17) is 0 Å². The highest BCUT2D eigenvalue weighted by Crippen LogP contribution is 2.15. The highest BCUT2D eigenvalue weighted by atomic mass is 15.1. The van der Waals surface area contributed by atoms with E-state index in [0.29, 0.717) is 0 Å². The van der Waals surface area contributed by atoms with Crippen LogP contribution < -0.4 is 0 Å². The van der Waals surface area contributed by atoms with Crippen molar-refractivity contribution in [2.45, 2.75) is 148 Å². The number of rotatable bonds is 0. The second-order valence-electron chi connectivity index (χ2n) is 7.99. The monoisotopic (exact) mass is 435 g/mol. The smallest absolute Gasteiger partial charge is 0.000655 e.